The van der Waals surface area contributed by atoms with E-state index in [1.165, 1.54) is 6.21 Å². The van der Waals surface area contributed by atoms with Crippen molar-refractivity contribution >= 4 is 11.9 Å². The molecule has 0 bridgehead atoms. The van der Waals surface area contributed by atoms with Crippen molar-refractivity contribution in [3.63, 3.8) is 0 Å². The minimum Gasteiger partial charge on any atom is -0.398 e. The molecule has 0 unspecified atom stereocenters. The van der Waals surface area contributed by atoms with Crippen molar-refractivity contribution in [2.75, 3.05) is 5.73 Å². The summed E-state index contributed by atoms with van der Waals surface area (Å²) in [6, 6.07) is 0. The lowest BCUT2D eigenvalue weighted by molar-refractivity contribution is 0.861. The van der Waals surface area contributed by atoms with E-state index >= 15 is 0 Å². The Morgan fingerprint density at radius 1 is 1.50 bits per heavy atom. The summed E-state index contributed by atoms with van der Waals surface area (Å²) in [5, 5.41) is 7.08. The van der Waals surface area contributed by atoms with Gasteiger partial charge in [0.15, 0.2) is 0 Å². The smallest absolute Gasteiger partial charge is 0.0469 e. The summed E-state index contributed by atoms with van der Waals surface area (Å²) in [5.41, 5.74) is 8.19. The van der Waals surface area contributed by atoms with Crippen LogP contribution < -0.4 is 5.73 Å². The maximum Gasteiger partial charge on any atom is 0.0469 e. The van der Waals surface area contributed by atoms with Crippen LogP contribution in [0, 0.1) is 5.41 Å². The molecule has 0 saturated carbocycles. The number of nitrogen functional groups attached to an aromatic ring is 1. The van der Waals surface area contributed by atoms with Crippen LogP contribution in [-0.2, 0) is 0 Å². The van der Waals surface area contributed by atoms with Crippen LogP contribution in [-0.4, -0.2) is 11.2 Å². The molecule has 1 aromatic rings. The number of pyridine rings is 1. The number of nitrogens with one attached hydrogen (secondary N) is 1. The lowest BCUT2D eigenvalue weighted by atomic mass is 10.0. The Kier molecular flexibility index (Phi) is 2.43. The Labute approximate surface area is 72.1 Å². The molecule has 3 heteroatoms. The van der Waals surface area contributed by atoms with E-state index in [0.717, 1.165) is 5.56 Å². The lowest BCUT2D eigenvalue weighted by Crippen LogP contribution is -2.01. The zero-order chi connectivity index (χ0) is 9.14. The van der Waals surface area contributed by atoms with Crippen LogP contribution in [0.4, 0.5) is 5.69 Å². The molecular weight excluding hydrogens is 150 g/mol. The predicted octanol–water partition coefficient (Wildman–Crippen LogP) is 1.78. The average molecular weight is 163 g/mol. The van der Waals surface area contributed by atoms with Crippen LogP contribution in [0.5, 0.6) is 0 Å². The van der Waals surface area contributed by atoms with Gasteiger partial charge in [0.1, 0.15) is 0 Å². The Morgan fingerprint density at radius 3 is 2.67 bits per heavy atom. The number of rotatable bonds is 2. The van der Waals surface area contributed by atoms with Gasteiger partial charge in [-0.05, 0) is 11.5 Å². The van der Waals surface area contributed by atoms with Crippen molar-refractivity contribution in [2.24, 2.45) is 0 Å². The molecule has 1 heterocycles. The Balaban J connectivity index is 3.22. The van der Waals surface area contributed by atoms with E-state index in [4.69, 9.17) is 11.1 Å². The molecule has 0 aromatic carbocycles. The zero-order valence-electron chi connectivity index (χ0n) is 7.33. The fourth-order valence-electron chi connectivity index (χ4n) is 1.08. The van der Waals surface area contributed by atoms with Crippen LogP contribution in [0.25, 0.3) is 0 Å². The van der Waals surface area contributed by atoms with E-state index in [-0.39, 0.29) is 0 Å². The number of anilines is 1. The van der Waals surface area contributed by atoms with Crippen LogP contribution in [0.2, 0.25) is 0 Å². The summed E-state index contributed by atoms with van der Waals surface area (Å²) in [4.78, 5) is 4.01. The van der Waals surface area contributed by atoms with Gasteiger partial charge in [0, 0.05) is 29.9 Å². The lowest BCUT2D eigenvalue weighted by Gasteiger charge is -2.09. The first-order chi connectivity index (χ1) is 5.66. The van der Waals surface area contributed by atoms with Crippen LogP contribution >= 0.6 is 0 Å². The summed E-state index contributed by atoms with van der Waals surface area (Å²) in [6.45, 7) is 4.11. The van der Waals surface area contributed by atoms with E-state index in [2.05, 4.69) is 18.8 Å². The number of nitrogens with zero attached hydrogens (tertiary/aromatic N) is 1. The van der Waals surface area contributed by atoms with Crippen LogP contribution in [0.3, 0.4) is 0 Å². The maximum atomic E-state index is 7.08. The molecule has 3 N–H and O–H groups in total. The Morgan fingerprint density at radius 2 is 2.17 bits per heavy atom. The molecule has 0 fully saturated rings. The molecule has 0 aliphatic heterocycles. The third-order valence-corrected chi connectivity index (χ3v) is 1.83. The average Bonchev–Trinajstić information content (AvgIpc) is 2.04. The molecule has 12 heavy (non-hydrogen) atoms. The first-order valence-electron chi connectivity index (χ1n) is 3.90. The van der Waals surface area contributed by atoms with Crippen LogP contribution in [0.15, 0.2) is 12.4 Å². The van der Waals surface area contributed by atoms with E-state index in [1.54, 1.807) is 12.4 Å². The highest BCUT2D eigenvalue weighted by molar-refractivity contribution is 5.85. The highest BCUT2D eigenvalue weighted by Crippen LogP contribution is 2.22. The summed E-state index contributed by atoms with van der Waals surface area (Å²) in [5.74, 6) is 0.359. The van der Waals surface area contributed by atoms with E-state index in [1.807, 2.05) is 0 Å². The fraction of sp³-hybridized carbons (Fsp3) is 0.333. The minimum absolute atomic E-state index is 0.359. The summed E-state index contributed by atoms with van der Waals surface area (Å²) in [7, 11) is 0. The van der Waals surface area contributed by atoms with Crippen molar-refractivity contribution in [3.05, 3.63) is 23.5 Å². The molecule has 0 spiro atoms. The molecule has 1 aromatic heterocycles. The van der Waals surface area contributed by atoms with Crippen molar-refractivity contribution in [1.29, 1.82) is 5.41 Å². The van der Waals surface area contributed by atoms with Gasteiger partial charge in [-0.25, -0.2) is 0 Å². The molecule has 0 aliphatic rings. The quantitative estimate of drug-likeness (QED) is 0.653. The van der Waals surface area contributed by atoms with Gasteiger partial charge in [0.05, 0.1) is 0 Å². The second-order valence-corrected chi connectivity index (χ2v) is 3.03. The number of nitrogens with two attached hydrogens (primary N) is 1. The second-order valence-electron chi connectivity index (χ2n) is 3.03. The number of hydrogen-bond donors (Lipinski definition) is 2. The maximum absolute atomic E-state index is 7.08. The topological polar surface area (TPSA) is 62.8 Å². The largest absolute Gasteiger partial charge is 0.398 e. The van der Waals surface area contributed by atoms with Gasteiger partial charge in [-0.1, -0.05) is 13.8 Å². The summed E-state index contributed by atoms with van der Waals surface area (Å²) < 4.78 is 0. The highest BCUT2D eigenvalue weighted by atomic mass is 14.7. The second kappa shape index (κ2) is 3.34. The Bertz CT molecular complexity index is 292. The van der Waals surface area contributed by atoms with Gasteiger partial charge in [0.2, 0.25) is 0 Å². The molecule has 0 atom stereocenters. The van der Waals surface area contributed by atoms with Crippen LogP contribution in [0.1, 0.15) is 30.9 Å². The van der Waals surface area contributed by atoms with Gasteiger partial charge in [-0.3, -0.25) is 4.98 Å². The molecule has 0 radical (unpaired) electrons. The SMILES string of the molecule is CC(C)c1cncc(C=N)c1N. The predicted molar refractivity (Wildman–Crippen MR) is 50.6 cm³/mol. The fourth-order valence-corrected chi connectivity index (χ4v) is 1.08. The van der Waals surface area contributed by atoms with Gasteiger partial charge >= 0.3 is 0 Å². The highest BCUT2D eigenvalue weighted by Gasteiger charge is 2.06. The molecule has 0 saturated heterocycles. The summed E-state index contributed by atoms with van der Waals surface area (Å²) >= 11 is 0. The third-order valence-electron chi connectivity index (χ3n) is 1.83. The molecule has 0 amide bonds. The van der Waals surface area contributed by atoms with E-state index < -0.39 is 0 Å². The third kappa shape index (κ3) is 1.44. The summed E-state index contributed by atoms with van der Waals surface area (Å²) in [6.07, 6.45) is 4.59. The molecular formula is C9H13N3. The zero-order valence-corrected chi connectivity index (χ0v) is 7.33. The standard InChI is InChI=1S/C9H13N3/c1-6(2)8-5-12-4-7(3-10)9(8)11/h3-6,10H,1-2H3,(H2,11,12). The number of aromatic nitrogens is 1. The first kappa shape index (κ1) is 8.71. The van der Waals surface area contributed by atoms with Crippen molar-refractivity contribution < 1.29 is 0 Å². The Hall–Kier alpha value is -1.38. The van der Waals surface area contributed by atoms with Gasteiger partial charge < -0.3 is 11.1 Å². The monoisotopic (exact) mass is 163 g/mol. The number of hydrogen-bond acceptors (Lipinski definition) is 3. The molecule has 64 valence electrons. The van der Waals surface area contributed by atoms with Crippen molar-refractivity contribution in [2.45, 2.75) is 19.8 Å². The van der Waals surface area contributed by atoms with Gasteiger partial charge in [0.25, 0.3) is 0 Å². The normalized spacial score (nSPS) is 10.2. The van der Waals surface area contributed by atoms with Gasteiger partial charge in [-0.15, -0.1) is 0 Å². The minimum atomic E-state index is 0.359. The van der Waals surface area contributed by atoms with Gasteiger partial charge in [-0.2, -0.15) is 0 Å². The first-order valence-corrected chi connectivity index (χ1v) is 3.90. The molecule has 1 rings (SSSR count). The molecule has 3 nitrogen and oxygen atoms in total. The van der Waals surface area contributed by atoms with E-state index in [0.29, 0.717) is 17.2 Å². The molecule has 0 aliphatic carbocycles. The van der Waals surface area contributed by atoms with E-state index in [9.17, 15) is 0 Å². The van der Waals surface area contributed by atoms with Crippen molar-refractivity contribution in [3.8, 4) is 0 Å². The van der Waals surface area contributed by atoms with Crippen molar-refractivity contribution in [1.82, 2.24) is 4.98 Å².